The van der Waals surface area contributed by atoms with Crippen molar-refractivity contribution in [1.29, 1.82) is 0 Å². The van der Waals surface area contributed by atoms with Crippen LogP contribution < -0.4 is 31.1 Å². The van der Waals surface area contributed by atoms with Crippen molar-refractivity contribution < 1.29 is 0 Å². The molecule has 0 bridgehead atoms. The molecule has 0 aliphatic carbocycles. The lowest BCUT2D eigenvalue weighted by Gasteiger charge is -2.44. The zero-order valence-corrected chi connectivity index (χ0v) is 37.8. The van der Waals surface area contributed by atoms with E-state index in [2.05, 4.69) is 268 Å². The van der Waals surface area contributed by atoms with Crippen LogP contribution in [-0.2, 0) is 5.41 Å². The van der Waals surface area contributed by atoms with E-state index in [1.165, 1.54) is 72.5 Å². The summed E-state index contributed by atoms with van der Waals surface area (Å²) in [4.78, 5) is 7.38. The summed E-state index contributed by atoms with van der Waals surface area (Å²) >= 11 is 0. The summed E-state index contributed by atoms with van der Waals surface area (Å²) in [5, 5.41) is 0. The third-order valence-corrected chi connectivity index (χ3v) is 13.4. The van der Waals surface area contributed by atoms with E-state index in [9.17, 15) is 0 Å². The Bertz CT molecular complexity index is 3120. The molecule has 9 aromatic rings. The highest BCUT2D eigenvalue weighted by atomic mass is 15.2. The maximum absolute atomic E-state index is 2.53. The van der Waals surface area contributed by atoms with Crippen LogP contribution in [0.4, 0.5) is 51.2 Å². The first-order chi connectivity index (χ1) is 31.7. The first-order valence-electron chi connectivity index (χ1n) is 23.0. The predicted molar refractivity (Wildman–Crippen MR) is 279 cm³/mol. The van der Waals surface area contributed by atoms with Gasteiger partial charge in [0.15, 0.2) is 0 Å². The number of anilines is 9. The number of para-hydroxylation sites is 3. The molecule has 0 radical (unpaired) electrons. The zero-order valence-electron chi connectivity index (χ0n) is 37.8. The maximum Gasteiger partial charge on any atom is 0.252 e. The second kappa shape index (κ2) is 16.2. The molecule has 4 heteroatoms. The first-order valence-corrected chi connectivity index (χ1v) is 23.0. The van der Waals surface area contributed by atoms with Gasteiger partial charge in [0.2, 0.25) is 0 Å². The second-order valence-corrected chi connectivity index (χ2v) is 18.8. The number of benzene rings is 9. The lowest BCUT2D eigenvalue weighted by molar-refractivity contribution is 0.590. The third-order valence-electron chi connectivity index (χ3n) is 13.4. The minimum absolute atomic E-state index is 0.0116. The Morgan fingerprint density at radius 1 is 0.400 bits per heavy atom. The number of rotatable bonds is 8. The van der Waals surface area contributed by atoms with E-state index in [1.54, 1.807) is 0 Å². The van der Waals surface area contributed by atoms with Gasteiger partial charge in [-0.25, -0.2) is 0 Å². The Hall–Kier alpha value is -7.56. The van der Waals surface area contributed by atoms with Crippen molar-refractivity contribution in [1.82, 2.24) is 0 Å². The van der Waals surface area contributed by atoms with E-state index in [0.717, 1.165) is 28.4 Å². The standard InChI is InChI=1S/C61H52BN3/c1-42(2)43-27-29-44(30-28-43)46-17-15-24-52(39-46)65-57-26-16-25-56-60(57)62(54-37-33-47(40-58(54)65)45-31-34-48(35-32-45)61(3,4)5)55-38-36-53(41-59(55)64(56)51-22-13-8-14-23-51)63(49-18-9-6-10-19-49)50-20-11-7-12-21-50/h6-42H,1-5H3. The van der Waals surface area contributed by atoms with E-state index in [-0.39, 0.29) is 12.1 Å². The van der Waals surface area contributed by atoms with Crippen LogP contribution in [0.1, 0.15) is 51.7 Å². The van der Waals surface area contributed by atoms with Crippen molar-refractivity contribution in [3.05, 3.63) is 230 Å². The molecule has 9 aromatic carbocycles. The number of fused-ring (bicyclic) bond motifs is 4. The molecule has 0 aromatic heterocycles. The van der Waals surface area contributed by atoms with Crippen molar-refractivity contribution in [2.45, 2.75) is 46.0 Å². The fourth-order valence-corrected chi connectivity index (χ4v) is 10.0. The first kappa shape index (κ1) is 40.2. The van der Waals surface area contributed by atoms with Gasteiger partial charge in [0.25, 0.3) is 6.71 Å². The zero-order chi connectivity index (χ0) is 44.2. The third kappa shape index (κ3) is 7.20. The van der Waals surface area contributed by atoms with Gasteiger partial charge in [-0.05, 0) is 140 Å². The number of hydrogen-bond donors (Lipinski definition) is 0. The van der Waals surface area contributed by atoms with Crippen LogP contribution >= 0.6 is 0 Å². The van der Waals surface area contributed by atoms with E-state index in [4.69, 9.17) is 0 Å². The van der Waals surface area contributed by atoms with E-state index in [0.29, 0.717) is 5.92 Å². The molecule has 0 spiro atoms. The van der Waals surface area contributed by atoms with Gasteiger partial charge in [-0.2, -0.15) is 0 Å². The van der Waals surface area contributed by atoms with Crippen molar-refractivity contribution in [2.24, 2.45) is 0 Å². The smallest absolute Gasteiger partial charge is 0.252 e. The van der Waals surface area contributed by atoms with Gasteiger partial charge in [-0.3, -0.25) is 0 Å². The van der Waals surface area contributed by atoms with Gasteiger partial charge in [-0.15, -0.1) is 0 Å². The molecule has 0 saturated heterocycles. The second-order valence-electron chi connectivity index (χ2n) is 18.8. The fraction of sp³-hybridized carbons (Fsp3) is 0.115. The summed E-state index contributed by atoms with van der Waals surface area (Å²) in [6, 6.07) is 80.9. The summed E-state index contributed by atoms with van der Waals surface area (Å²) in [5.74, 6) is 0.482. The quantitative estimate of drug-likeness (QED) is 0.141. The topological polar surface area (TPSA) is 9.72 Å². The number of nitrogens with zero attached hydrogens (tertiary/aromatic N) is 3. The maximum atomic E-state index is 2.53. The van der Waals surface area contributed by atoms with Gasteiger partial charge >= 0.3 is 0 Å². The highest BCUT2D eigenvalue weighted by Gasteiger charge is 2.43. The van der Waals surface area contributed by atoms with E-state index in [1.807, 2.05) is 0 Å². The molecule has 2 aliphatic heterocycles. The molecular formula is C61H52BN3. The van der Waals surface area contributed by atoms with Crippen molar-refractivity contribution in [3.63, 3.8) is 0 Å². The minimum atomic E-state index is -0.0116. The molecule has 0 unspecified atom stereocenters. The Morgan fingerprint density at radius 3 is 1.49 bits per heavy atom. The fourth-order valence-electron chi connectivity index (χ4n) is 10.0. The summed E-state index contributed by atoms with van der Waals surface area (Å²) in [7, 11) is 0. The van der Waals surface area contributed by atoms with E-state index < -0.39 is 0 Å². The molecule has 0 atom stereocenters. The molecule has 0 saturated carbocycles. The van der Waals surface area contributed by atoms with Crippen LogP contribution in [0.2, 0.25) is 0 Å². The van der Waals surface area contributed by atoms with Crippen molar-refractivity contribution in [2.75, 3.05) is 14.7 Å². The molecule has 2 heterocycles. The van der Waals surface area contributed by atoms with Crippen LogP contribution in [0.5, 0.6) is 0 Å². The van der Waals surface area contributed by atoms with Crippen LogP contribution in [0.3, 0.4) is 0 Å². The Balaban J connectivity index is 1.14. The molecule has 65 heavy (non-hydrogen) atoms. The average molecular weight is 838 g/mol. The van der Waals surface area contributed by atoms with E-state index >= 15 is 0 Å². The summed E-state index contributed by atoms with van der Waals surface area (Å²) in [6.07, 6.45) is 0. The lowest BCUT2D eigenvalue weighted by atomic mass is 9.33. The number of hydrogen-bond acceptors (Lipinski definition) is 3. The van der Waals surface area contributed by atoms with Gasteiger partial charge in [0, 0.05) is 51.2 Å². The highest BCUT2D eigenvalue weighted by molar-refractivity contribution is 7.00. The van der Waals surface area contributed by atoms with Crippen molar-refractivity contribution in [3.8, 4) is 22.3 Å². The van der Waals surface area contributed by atoms with Gasteiger partial charge in [0.1, 0.15) is 0 Å². The molecule has 11 rings (SSSR count). The Labute approximate surface area is 385 Å². The van der Waals surface area contributed by atoms with Crippen LogP contribution in [0, 0.1) is 0 Å². The monoisotopic (exact) mass is 837 g/mol. The van der Waals surface area contributed by atoms with Crippen LogP contribution in [-0.4, -0.2) is 6.71 Å². The Kier molecular flexibility index (Phi) is 10.0. The highest BCUT2D eigenvalue weighted by Crippen LogP contribution is 2.47. The molecule has 0 N–H and O–H groups in total. The molecule has 314 valence electrons. The molecule has 2 aliphatic rings. The van der Waals surface area contributed by atoms with Gasteiger partial charge in [-0.1, -0.05) is 174 Å². The molecular weight excluding hydrogens is 786 g/mol. The SMILES string of the molecule is CC(C)c1ccc(-c2cccc(N3c4cc(-c5ccc(C(C)(C)C)cc5)ccc4B4c5ccc(N(c6ccccc6)c6ccccc6)cc5N(c5ccccc5)c5cccc3c54)c2)cc1. The van der Waals surface area contributed by atoms with Crippen LogP contribution in [0.25, 0.3) is 22.3 Å². The summed E-state index contributed by atoms with van der Waals surface area (Å²) in [6.45, 7) is 11.3. The molecule has 3 nitrogen and oxygen atoms in total. The average Bonchev–Trinajstić information content (AvgIpc) is 3.34. The van der Waals surface area contributed by atoms with Gasteiger partial charge < -0.3 is 14.7 Å². The normalized spacial score (nSPS) is 12.7. The summed E-state index contributed by atoms with van der Waals surface area (Å²) < 4.78 is 0. The Morgan fingerprint density at radius 2 is 0.892 bits per heavy atom. The van der Waals surface area contributed by atoms with Crippen LogP contribution in [0.15, 0.2) is 218 Å². The lowest BCUT2D eigenvalue weighted by Crippen LogP contribution is -2.61. The molecule has 0 amide bonds. The van der Waals surface area contributed by atoms with Gasteiger partial charge in [0.05, 0.1) is 0 Å². The predicted octanol–water partition coefficient (Wildman–Crippen LogP) is 15.0. The summed E-state index contributed by atoms with van der Waals surface area (Å²) in [5.41, 5.74) is 21.8. The molecule has 0 fully saturated rings. The largest absolute Gasteiger partial charge is 0.311 e. The van der Waals surface area contributed by atoms with Crippen molar-refractivity contribution >= 4 is 74.3 Å². The minimum Gasteiger partial charge on any atom is -0.311 e.